The Labute approximate surface area is 186 Å². The van der Waals surface area contributed by atoms with E-state index in [9.17, 15) is 9.90 Å². The summed E-state index contributed by atoms with van der Waals surface area (Å²) in [7, 11) is 1.31. The summed E-state index contributed by atoms with van der Waals surface area (Å²) in [5, 5.41) is 14.3. The van der Waals surface area contributed by atoms with Gasteiger partial charge in [-0.2, -0.15) is 0 Å². The quantitative estimate of drug-likeness (QED) is 0.447. The number of aliphatic hydroxyl groups excluding tert-OH is 1. The molecule has 3 rings (SSSR count). The zero-order valence-electron chi connectivity index (χ0n) is 17.5. The Morgan fingerprint density at radius 3 is 2.65 bits per heavy atom. The lowest BCUT2D eigenvalue weighted by Crippen LogP contribution is -2.32. The molecule has 2 aromatic carbocycles. The van der Waals surface area contributed by atoms with Crippen LogP contribution in [0.3, 0.4) is 0 Å². The second-order valence-electron chi connectivity index (χ2n) is 7.27. The Morgan fingerprint density at radius 1 is 1.16 bits per heavy atom. The fraction of sp³-hybridized carbons (Fsp3) is 0.292. The minimum absolute atomic E-state index is 0.151. The molecule has 31 heavy (non-hydrogen) atoms. The van der Waals surface area contributed by atoms with Crippen molar-refractivity contribution in [2.45, 2.75) is 32.1 Å². The lowest BCUT2D eigenvalue weighted by Gasteiger charge is -2.18. The molecule has 2 N–H and O–H groups in total. The summed E-state index contributed by atoms with van der Waals surface area (Å²) < 4.78 is 15.7. The molecule has 0 spiro atoms. The molecule has 6 nitrogen and oxygen atoms in total. The van der Waals surface area contributed by atoms with E-state index in [1.165, 1.54) is 7.11 Å². The van der Waals surface area contributed by atoms with E-state index in [1.54, 1.807) is 24.3 Å². The number of carbonyl (C=O) groups is 1. The number of ether oxygens (including phenoxy) is 2. The van der Waals surface area contributed by atoms with Crippen molar-refractivity contribution in [2.75, 3.05) is 13.7 Å². The van der Waals surface area contributed by atoms with Gasteiger partial charge in [0.15, 0.2) is 0 Å². The first kappa shape index (κ1) is 22.9. The highest BCUT2D eigenvalue weighted by molar-refractivity contribution is 6.30. The number of aliphatic hydroxyl groups is 1. The first-order valence-electron chi connectivity index (χ1n) is 10.0. The van der Waals surface area contributed by atoms with E-state index in [0.717, 1.165) is 17.5 Å². The average molecular weight is 444 g/mol. The number of carbonyl (C=O) groups excluding carboxylic acids is 1. The maximum absolute atomic E-state index is 11.4. The third kappa shape index (κ3) is 6.85. The highest BCUT2D eigenvalue weighted by Gasteiger charge is 2.12. The van der Waals surface area contributed by atoms with Crippen LogP contribution in [0.25, 0.3) is 0 Å². The molecule has 0 saturated heterocycles. The van der Waals surface area contributed by atoms with E-state index in [2.05, 4.69) is 17.0 Å². The standard InChI is InChI=1S/C24H26ClNO5/c1-16(26-14-22(27)18-4-3-5-19(25)13-18)12-17-6-8-20(9-7-17)30-15-21-10-11-23(31-21)24(28)29-2/h3-11,13,16,22,26-27H,12,14-15H2,1-2H3. The molecule has 2 unspecified atom stereocenters. The number of rotatable bonds is 10. The maximum atomic E-state index is 11.4. The smallest absolute Gasteiger partial charge is 0.373 e. The van der Waals surface area contributed by atoms with Gasteiger partial charge in [0.05, 0.1) is 13.2 Å². The molecule has 0 aliphatic heterocycles. The van der Waals surface area contributed by atoms with Gasteiger partial charge in [0, 0.05) is 17.6 Å². The molecule has 164 valence electrons. The van der Waals surface area contributed by atoms with Gasteiger partial charge < -0.3 is 24.3 Å². The molecule has 3 aromatic rings. The maximum Gasteiger partial charge on any atom is 0.373 e. The summed E-state index contributed by atoms with van der Waals surface area (Å²) >= 11 is 5.98. The normalized spacial score (nSPS) is 12.9. The van der Waals surface area contributed by atoms with E-state index < -0.39 is 12.1 Å². The fourth-order valence-electron chi connectivity index (χ4n) is 3.11. The first-order valence-corrected chi connectivity index (χ1v) is 10.4. The van der Waals surface area contributed by atoms with Crippen LogP contribution in [0.15, 0.2) is 65.1 Å². The molecule has 0 amide bonds. The number of benzene rings is 2. The van der Waals surface area contributed by atoms with Gasteiger partial charge in [0.25, 0.3) is 0 Å². The largest absolute Gasteiger partial charge is 0.486 e. The Kier molecular flexibility index (Phi) is 8.12. The zero-order chi connectivity index (χ0) is 22.2. The number of furan rings is 1. The lowest BCUT2D eigenvalue weighted by molar-refractivity contribution is 0.0561. The Hall–Kier alpha value is -2.80. The number of methoxy groups -OCH3 is 1. The molecule has 2 atom stereocenters. The van der Waals surface area contributed by atoms with Crippen LogP contribution in [-0.4, -0.2) is 30.8 Å². The topological polar surface area (TPSA) is 80.9 Å². The van der Waals surface area contributed by atoms with E-state index >= 15 is 0 Å². The summed E-state index contributed by atoms with van der Waals surface area (Å²) in [6.07, 6.45) is 0.196. The Bertz CT molecular complexity index is 986. The monoisotopic (exact) mass is 443 g/mol. The first-order chi connectivity index (χ1) is 14.9. The minimum atomic E-state index is -0.613. The van der Waals surface area contributed by atoms with Gasteiger partial charge >= 0.3 is 5.97 Å². The predicted molar refractivity (Wildman–Crippen MR) is 118 cm³/mol. The minimum Gasteiger partial charge on any atom is -0.486 e. The van der Waals surface area contributed by atoms with Crippen molar-refractivity contribution < 1.29 is 23.8 Å². The van der Waals surface area contributed by atoms with Crippen LogP contribution >= 0.6 is 11.6 Å². The number of esters is 1. The van der Waals surface area contributed by atoms with Crippen molar-refractivity contribution in [1.29, 1.82) is 0 Å². The van der Waals surface area contributed by atoms with E-state index in [-0.39, 0.29) is 18.4 Å². The summed E-state index contributed by atoms with van der Waals surface area (Å²) in [4.78, 5) is 11.4. The van der Waals surface area contributed by atoms with Crippen molar-refractivity contribution in [2.24, 2.45) is 0 Å². The van der Waals surface area contributed by atoms with Crippen molar-refractivity contribution in [3.63, 3.8) is 0 Å². The van der Waals surface area contributed by atoms with Crippen molar-refractivity contribution >= 4 is 17.6 Å². The molecular formula is C24H26ClNO5. The summed E-state index contributed by atoms with van der Waals surface area (Å²) in [5.74, 6) is 0.883. The number of hydrogen-bond donors (Lipinski definition) is 2. The average Bonchev–Trinajstić information content (AvgIpc) is 3.25. The number of halogens is 1. The molecule has 7 heteroatoms. The molecule has 0 bridgehead atoms. The molecule has 0 aliphatic rings. The Balaban J connectivity index is 1.44. The van der Waals surface area contributed by atoms with Crippen molar-refractivity contribution in [1.82, 2.24) is 5.32 Å². The molecule has 0 aliphatic carbocycles. The third-order valence-corrected chi connectivity index (χ3v) is 5.02. The van der Waals surface area contributed by atoms with Gasteiger partial charge in [-0.1, -0.05) is 35.9 Å². The van der Waals surface area contributed by atoms with Crippen LogP contribution in [0.1, 0.15) is 40.5 Å². The predicted octanol–water partition coefficient (Wildman–Crippen LogP) is 4.55. The number of hydrogen-bond acceptors (Lipinski definition) is 6. The third-order valence-electron chi connectivity index (χ3n) is 4.79. The van der Waals surface area contributed by atoms with E-state index in [1.807, 2.05) is 36.4 Å². The van der Waals surface area contributed by atoms with Crippen LogP contribution in [0, 0.1) is 0 Å². The molecule has 0 saturated carbocycles. The van der Waals surface area contributed by atoms with Gasteiger partial charge in [-0.25, -0.2) is 4.79 Å². The molecule has 0 radical (unpaired) electrons. The van der Waals surface area contributed by atoms with E-state index in [4.69, 9.17) is 20.8 Å². The highest BCUT2D eigenvalue weighted by Crippen LogP contribution is 2.19. The summed E-state index contributed by atoms with van der Waals surface area (Å²) in [6, 6.07) is 18.5. The summed E-state index contributed by atoms with van der Waals surface area (Å²) in [6.45, 7) is 2.74. The lowest BCUT2D eigenvalue weighted by atomic mass is 10.1. The van der Waals surface area contributed by atoms with Crippen molar-refractivity contribution in [3.8, 4) is 5.75 Å². The molecule has 1 aromatic heterocycles. The van der Waals surface area contributed by atoms with Crippen molar-refractivity contribution in [3.05, 3.63) is 88.3 Å². The van der Waals surface area contributed by atoms with Gasteiger partial charge in [-0.3, -0.25) is 0 Å². The van der Waals surface area contributed by atoms with Gasteiger partial charge in [0.2, 0.25) is 5.76 Å². The van der Waals surface area contributed by atoms with Crippen LogP contribution < -0.4 is 10.1 Å². The molecule has 1 heterocycles. The van der Waals surface area contributed by atoms with Crippen LogP contribution in [0.2, 0.25) is 5.02 Å². The van der Waals surface area contributed by atoms with E-state index in [0.29, 0.717) is 23.1 Å². The second-order valence-corrected chi connectivity index (χ2v) is 7.71. The fourth-order valence-corrected chi connectivity index (χ4v) is 3.31. The molecular weight excluding hydrogens is 418 g/mol. The van der Waals surface area contributed by atoms with Crippen LogP contribution in [-0.2, 0) is 17.8 Å². The second kappa shape index (κ2) is 11.0. The zero-order valence-corrected chi connectivity index (χ0v) is 18.3. The van der Waals surface area contributed by atoms with Crippen LogP contribution in [0.4, 0.5) is 0 Å². The van der Waals surface area contributed by atoms with Crippen LogP contribution in [0.5, 0.6) is 5.75 Å². The van der Waals surface area contributed by atoms with Gasteiger partial charge in [-0.05, 0) is 60.9 Å². The highest BCUT2D eigenvalue weighted by atomic mass is 35.5. The number of nitrogens with one attached hydrogen (secondary N) is 1. The molecule has 0 fully saturated rings. The van der Waals surface area contributed by atoms with Gasteiger partial charge in [-0.15, -0.1) is 0 Å². The SMILES string of the molecule is COC(=O)c1ccc(COc2ccc(CC(C)NCC(O)c3cccc(Cl)c3)cc2)o1. The summed E-state index contributed by atoms with van der Waals surface area (Å²) in [5.41, 5.74) is 1.94. The van der Waals surface area contributed by atoms with Gasteiger partial charge in [0.1, 0.15) is 18.1 Å². The Morgan fingerprint density at radius 2 is 1.94 bits per heavy atom.